The van der Waals surface area contributed by atoms with Crippen LogP contribution < -0.4 is 0 Å². The number of aromatic hydroxyl groups is 1. The Labute approximate surface area is 67.2 Å². The van der Waals surface area contributed by atoms with E-state index >= 15 is 0 Å². The zero-order valence-electron chi connectivity index (χ0n) is 5.41. The van der Waals surface area contributed by atoms with Crippen molar-refractivity contribution in [2.45, 2.75) is 0 Å². The van der Waals surface area contributed by atoms with Crippen LogP contribution in [0.1, 0.15) is 0 Å². The summed E-state index contributed by atoms with van der Waals surface area (Å²) >= 11 is 5.58. The van der Waals surface area contributed by atoms with Gasteiger partial charge in [-0.25, -0.2) is 4.98 Å². The van der Waals surface area contributed by atoms with Gasteiger partial charge in [-0.3, -0.25) is 0 Å². The van der Waals surface area contributed by atoms with Gasteiger partial charge >= 0.3 is 0 Å². The fraction of sp³-hybridized carbons (Fsp3) is 0. The number of fused-ring (bicyclic) bond motifs is 1. The normalized spacial score (nSPS) is 10.6. The van der Waals surface area contributed by atoms with Crippen LogP contribution >= 0.6 is 11.6 Å². The second kappa shape index (κ2) is 2.13. The second-order valence-corrected chi connectivity index (χ2v) is 2.51. The van der Waals surface area contributed by atoms with Crippen molar-refractivity contribution in [3.63, 3.8) is 0 Å². The lowest BCUT2D eigenvalue weighted by atomic mass is 10.3. The zero-order valence-corrected chi connectivity index (χ0v) is 6.17. The zero-order chi connectivity index (χ0) is 7.84. The van der Waals surface area contributed by atoms with Gasteiger partial charge < -0.3 is 9.52 Å². The van der Waals surface area contributed by atoms with Crippen molar-refractivity contribution < 1.29 is 9.52 Å². The molecule has 2 rings (SSSR count). The van der Waals surface area contributed by atoms with E-state index in [1.807, 2.05) is 0 Å². The molecule has 0 aromatic carbocycles. The molecule has 0 saturated heterocycles. The van der Waals surface area contributed by atoms with Crippen molar-refractivity contribution in [3.8, 4) is 5.75 Å². The van der Waals surface area contributed by atoms with Crippen LogP contribution in [0.2, 0.25) is 5.15 Å². The highest BCUT2D eigenvalue weighted by Gasteiger charge is 2.04. The Hall–Kier alpha value is -1.22. The minimum atomic E-state index is 0.0873. The monoisotopic (exact) mass is 169 g/mol. The number of rotatable bonds is 0. The summed E-state index contributed by atoms with van der Waals surface area (Å²) in [7, 11) is 0. The molecule has 11 heavy (non-hydrogen) atoms. The maximum Gasteiger partial charge on any atom is 0.161 e. The Bertz CT molecular complexity index is 396. The standard InChI is InChI=1S/C7H4ClNO2/c8-7-1-4-5(10)3-11-6(4)2-9-7/h1-3,10H. The van der Waals surface area contributed by atoms with Crippen molar-refractivity contribution in [3.05, 3.63) is 23.7 Å². The number of nitrogens with zero attached hydrogens (tertiary/aromatic N) is 1. The van der Waals surface area contributed by atoms with Gasteiger partial charge in [0.25, 0.3) is 0 Å². The van der Waals surface area contributed by atoms with Gasteiger partial charge in [-0.1, -0.05) is 11.6 Å². The highest BCUT2D eigenvalue weighted by molar-refractivity contribution is 6.30. The van der Waals surface area contributed by atoms with Gasteiger partial charge in [0.2, 0.25) is 0 Å². The summed E-state index contributed by atoms with van der Waals surface area (Å²) in [6, 6.07) is 1.55. The summed E-state index contributed by atoms with van der Waals surface area (Å²) in [4.78, 5) is 3.78. The van der Waals surface area contributed by atoms with E-state index in [2.05, 4.69) is 4.98 Å². The number of hydrogen-bond donors (Lipinski definition) is 1. The molecule has 0 aliphatic heterocycles. The molecule has 2 aromatic rings. The molecule has 0 fully saturated rings. The van der Waals surface area contributed by atoms with E-state index < -0.39 is 0 Å². The number of pyridine rings is 1. The molecule has 0 radical (unpaired) electrons. The summed E-state index contributed by atoms with van der Waals surface area (Å²) in [6.07, 6.45) is 2.72. The molecule has 0 aliphatic rings. The Morgan fingerprint density at radius 2 is 2.36 bits per heavy atom. The molecule has 0 saturated carbocycles. The Morgan fingerprint density at radius 3 is 3.18 bits per heavy atom. The quantitative estimate of drug-likeness (QED) is 0.615. The van der Waals surface area contributed by atoms with E-state index in [1.54, 1.807) is 6.07 Å². The molecule has 56 valence electrons. The molecule has 3 nitrogen and oxygen atoms in total. The van der Waals surface area contributed by atoms with Gasteiger partial charge in [0, 0.05) is 0 Å². The van der Waals surface area contributed by atoms with Gasteiger partial charge in [0.05, 0.1) is 11.6 Å². The molecule has 0 amide bonds. The van der Waals surface area contributed by atoms with Crippen LogP contribution in [0.25, 0.3) is 11.0 Å². The van der Waals surface area contributed by atoms with E-state index in [0.717, 1.165) is 0 Å². The van der Waals surface area contributed by atoms with Gasteiger partial charge in [0.15, 0.2) is 11.3 Å². The SMILES string of the molecule is Oc1coc2cnc(Cl)cc12. The molecule has 0 spiro atoms. The van der Waals surface area contributed by atoms with Crippen molar-refractivity contribution in [2.75, 3.05) is 0 Å². The third-order valence-electron chi connectivity index (χ3n) is 1.41. The second-order valence-electron chi connectivity index (χ2n) is 2.12. The Kier molecular flexibility index (Phi) is 1.26. The van der Waals surface area contributed by atoms with E-state index in [-0.39, 0.29) is 5.75 Å². The molecule has 0 atom stereocenters. The number of aromatic nitrogens is 1. The first kappa shape index (κ1) is 6.49. The third-order valence-corrected chi connectivity index (χ3v) is 1.61. The van der Waals surface area contributed by atoms with Crippen LogP contribution in [-0.2, 0) is 0 Å². The van der Waals surface area contributed by atoms with E-state index in [9.17, 15) is 0 Å². The summed E-state index contributed by atoms with van der Waals surface area (Å²) in [5, 5.41) is 10.1. The summed E-state index contributed by atoms with van der Waals surface area (Å²) in [5.74, 6) is 0.0873. The van der Waals surface area contributed by atoms with Gasteiger partial charge in [-0.15, -0.1) is 0 Å². The van der Waals surface area contributed by atoms with Crippen LogP contribution in [0.15, 0.2) is 22.9 Å². The van der Waals surface area contributed by atoms with Gasteiger partial charge in [0.1, 0.15) is 11.4 Å². The molecular formula is C7H4ClNO2. The van der Waals surface area contributed by atoms with Crippen LogP contribution in [0.5, 0.6) is 5.75 Å². The minimum Gasteiger partial charge on any atom is -0.504 e. The Morgan fingerprint density at radius 1 is 1.55 bits per heavy atom. The molecule has 0 bridgehead atoms. The van der Waals surface area contributed by atoms with Crippen molar-refractivity contribution in [1.29, 1.82) is 0 Å². The molecular weight excluding hydrogens is 166 g/mol. The first-order valence-electron chi connectivity index (χ1n) is 2.99. The summed E-state index contributed by atoms with van der Waals surface area (Å²) in [6.45, 7) is 0. The molecule has 1 N–H and O–H groups in total. The first-order valence-corrected chi connectivity index (χ1v) is 3.37. The summed E-state index contributed by atoms with van der Waals surface area (Å²) < 4.78 is 4.93. The fourth-order valence-corrected chi connectivity index (χ4v) is 1.05. The number of furan rings is 1. The maximum absolute atomic E-state index is 9.16. The topological polar surface area (TPSA) is 46.3 Å². The van der Waals surface area contributed by atoms with E-state index in [1.165, 1.54) is 12.5 Å². The van der Waals surface area contributed by atoms with Crippen molar-refractivity contribution >= 4 is 22.6 Å². The smallest absolute Gasteiger partial charge is 0.161 e. The molecule has 2 aromatic heterocycles. The highest BCUT2D eigenvalue weighted by Crippen LogP contribution is 2.27. The third kappa shape index (κ3) is 0.935. The van der Waals surface area contributed by atoms with E-state index in [4.69, 9.17) is 21.1 Å². The molecule has 2 heterocycles. The lowest BCUT2D eigenvalue weighted by Gasteiger charge is -1.88. The van der Waals surface area contributed by atoms with E-state index in [0.29, 0.717) is 16.1 Å². The van der Waals surface area contributed by atoms with Gasteiger partial charge in [-0.2, -0.15) is 0 Å². The molecule has 0 unspecified atom stereocenters. The average Bonchev–Trinajstić information content (AvgIpc) is 2.33. The molecule has 4 heteroatoms. The van der Waals surface area contributed by atoms with Crippen LogP contribution in [0.3, 0.4) is 0 Å². The number of halogens is 1. The number of hydrogen-bond acceptors (Lipinski definition) is 3. The first-order chi connectivity index (χ1) is 5.27. The van der Waals surface area contributed by atoms with Crippen molar-refractivity contribution in [2.24, 2.45) is 0 Å². The predicted molar refractivity (Wildman–Crippen MR) is 40.7 cm³/mol. The highest BCUT2D eigenvalue weighted by atomic mass is 35.5. The van der Waals surface area contributed by atoms with Crippen LogP contribution in [-0.4, -0.2) is 10.1 Å². The fourth-order valence-electron chi connectivity index (χ4n) is 0.894. The average molecular weight is 170 g/mol. The lowest BCUT2D eigenvalue weighted by Crippen LogP contribution is -1.71. The molecule has 0 aliphatic carbocycles. The summed E-state index contributed by atoms with van der Waals surface area (Å²) in [5.41, 5.74) is 0.534. The van der Waals surface area contributed by atoms with Gasteiger partial charge in [-0.05, 0) is 6.07 Å². The Balaban J connectivity index is 2.87. The van der Waals surface area contributed by atoms with Crippen molar-refractivity contribution in [1.82, 2.24) is 4.98 Å². The lowest BCUT2D eigenvalue weighted by molar-refractivity contribution is 0.464. The largest absolute Gasteiger partial charge is 0.504 e. The maximum atomic E-state index is 9.16. The predicted octanol–water partition coefficient (Wildman–Crippen LogP) is 2.19. The minimum absolute atomic E-state index is 0.0873. The van der Waals surface area contributed by atoms with Crippen LogP contribution in [0, 0.1) is 0 Å². The van der Waals surface area contributed by atoms with Crippen LogP contribution in [0.4, 0.5) is 0 Å².